The molecule has 0 spiro atoms. The van der Waals surface area contributed by atoms with E-state index in [1.165, 1.54) is 0 Å². The molecule has 1 heterocycles. The number of nitrogens with one attached hydrogen (secondary N) is 1. The number of hydrogen-bond acceptors (Lipinski definition) is 2. The van der Waals surface area contributed by atoms with Crippen molar-refractivity contribution < 1.29 is 0 Å². The molecule has 19 heavy (non-hydrogen) atoms. The topological polar surface area (TPSA) is 29.9 Å². The Morgan fingerprint density at radius 3 is 2.95 bits per heavy atom. The fourth-order valence-corrected chi connectivity index (χ4v) is 2.26. The Balaban J connectivity index is 2.11. The van der Waals surface area contributed by atoms with Gasteiger partial charge in [0.2, 0.25) is 0 Å². The molecule has 0 aliphatic carbocycles. The van der Waals surface area contributed by atoms with E-state index in [0.29, 0.717) is 16.6 Å². The maximum absolute atomic E-state index is 6.21. The number of rotatable bonds is 6. The normalized spacial score (nSPS) is 10.9. The summed E-state index contributed by atoms with van der Waals surface area (Å²) in [5, 5.41) is 4.55. The molecular formula is C14H17Cl2N3. The van der Waals surface area contributed by atoms with Crippen molar-refractivity contribution >= 4 is 23.2 Å². The van der Waals surface area contributed by atoms with Gasteiger partial charge in [-0.2, -0.15) is 0 Å². The summed E-state index contributed by atoms with van der Waals surface area (Å²) < 4.78 is 2.08. The summed E-state index contributed by atoms with van der Waals surface area (Å²) in [5.74, 6) is 1.00. The van der Waals surface area contributed by atoms with Gasteiger partial charge < -0.3 is 9.88 Å². The smallest absolute Gasteiger partial charge is 0.122 e. The summed E-state index contributed by atoms with van der Waals surface area (Å²) in [5.41, 5.74) is 1.00. The van der Waals surface area contributed by atoms with Gasteiger partial charge >= 0.3 is 0 Å². The van der Waals surface area contributed by atoms with Gasteiger partial charge in [-0.1, -0.05) is 42.3 Å². The lowest BCUT2D eigenvalue weighted by Crippen LogP contribution is -2.18. The molecule has 1 aromatic carbocycles. The van der Waals surface area contributed by atoms with Crippen LogP contribution in [0, 0.1) is 0 Å². The Morgan fingerprint density at radius 1 is 1.32 bits per heavy atom. The fraction of sp³-hybridized carbons (Fsp3) is 0.357. The number of imidazole rings is 1. The lowest BCUT2D eigenvalue weighted by molar-refractivity contribution is 0.615. The first kappa shape index (κ1) is 14.4. The fourth-order valence-electron chi connectivity index (χ4n) is 1.88. The number of nitrogens with zero attached hydrogens (tertiary/aromatic N) is 2. The van der Waals surface area contributed by atoms with Crippen molar-refractivity contribution in [2.45, 2.75) is 26.4 Å². The third-order valence-corrected chi connectivity index (χ3v) is 3.74. The highest BCUT2D eigenvalue weighted by molar-refractivity contribution is 6.42. The van der Waals surface area contributed by atoms with Crippen molar-refractivity contribution in [1.29, 1.82) is 0 Å². The second kappa shape index (κ2) is 6.94. The van der Waals surface area contributed by atoms with Gasteiger partial charge in [0.25, 0.3) is 0 Å². The second-order valence-corrected chi connectivity index (χ2v) is 5.15. The largest absolute Gasteiger partial charge is 0.329 e. The van der Waals surface area contributed by atoms with Gasteiger partial charge in [0.1, 0.15) is 5.82 Å². The summed E-state index contributed by atoms with van der Waals surface area (Å²) in [4.78, 5) is 4.36. The first-order chi connectivity index (χ1) is 9.22. The average molecular weight is 298 g/mol. The van der Waals surface area contributed by atoms with Crippen LogP contribution in [0.25, 0.3) is 0 Å². The first-order valence-corrected chi connectivity index (χ1v) is 7.11. The Hall–Kier alpha value is -1.03. The van der Waals surface area contributed by atoms with E-state index in [-0.39, 0.29) is 0 Å². The summed E-state index contributed by atoms with van der Waals surface area (Å²) >= 11 is 12.2. The van der Waals surface area contributed by atoms with E-state index in [9.17, 15) is 0 Å². The molecule has 0 bridgehead atoms. The van der Waals surface area contributed by atoms with Crippen molar-refractivity contribution in [1.82, 2.24) is 14.9 Å². The molecule has 0 unspecified atom stereocenters. The first-order valence-electron chi connectivity index (χ1n) is 6.36. The van der Waals surface area contributed by atoms with E-state index in [2.05, 4.69) is 21.8 Å². The molecule has 0 saturated carbocycles. The molecule has 0 atom stereocenters. The lowest BCUT2D eigenvalue weighted by Gasteiger charge is -2.10. The van der Waals surface area contributed by atoms with E-state index in [1.807, 2.05) is 18.3 Å². The van der Waals surface area contributed by atoms with Gasteiger partial charge in [0, 0.05) is 12.4 Å². The maximum Gasteiger partial charge on any atom is 0.122 e. The summed E-state index contributed by atoms with van der Waals surface area (Å²) in [7, 11) is 0. The zero-order chi connectivity index (χ0) is 13.7. The Kier molecular flexibility index (Phi) is 5.25. The predicted molar refractivity (Wildman–Crippen MR) is 79.8 cm³/mol. The SMILES string of the molecule is CCCNCc1nccn1Cc1cccc(Cl)c1Cl. The number of hydrogen-bond donors (Lipinski definition) is 1. The van der Waals surface area contributed by atoms with E-state index in [0.717, 1.165) is 30.9 Å². The molecule has 2 rings (SSSR count). The molecular weight excluding hydrogens is 281 g/mol. The minimum atomic E-state index is 0.588. The Morgan fingerprint density at radius 2 is 2.16 bits per heavy atom. The standard InChI is InChI=1S/C14H17Cl2N3/c1-2-6-17-9-13-18-7-8-19(13)10-11-4-3-5-12(15)14(11)16/h3-5,7-8,17H,2,6,9-10H2,1H3. The van der Waals surface area contributed by atoms with Crippen LogP contribution in [0.3, 0.4) is 0 Å². The highest BCUT2D eigenvalue weighted by atomic mass is 35.5. The number of benzene rings is 1. The Bertz CT molecular complexity index is 537. The van der Waals surface area contributed by atoms with Gasteiger partial charge in [-0.3, -0.25) is 0 Å². The minimum absolute atomic E-state index is 0.588. The van der Waals surface area contributed by atoms with Crippen LogP contribution in [0.4, 0.5) is 0 Å². The third-order valence-electron chi connectivity index (χ3n) is 2.88. The van der Waals surface area contributed by atoms with Crippen LogP contribution in [0.2, 0.25) is 10.0 Å². The third kappa shape index (κ3) is 3.72. The highest BCUT2D eigenvalue weighted by Crippen LogP contribution is 2.26. The molecule has 102 valence electrons. The molecule has 1 aromatic heterocycles. The monoisotopic (exact) mass is 297 g/mol. The van der Waals surface area contributed by atoms with Crippen LogP contribution in [-0.2, 0) is 13.1 Å². The highest BCUT2D eigenvalue weighted by Gasteiger charge is 2.07. The molecule has 2 aromatic rings. The predicted octanol–water partition coefficient (Wildman–Crippen LogP) is 3.74. The molecule has 0 aliphatic rings. The van der Waals surface area contributed by atoms with Crippen LogP contribution >= 0.6 is 23.2 Å². The van der Waals surface area contributed by atoms with Gasteiger partial charge in [-0.25, -0.2) is 4.98 Å². The van der Waals surface area contributed by atoms with Crippen LogP contribution in [0.5, 0.6) is 0 Å². The number of halogens is 2. The van der Waals surface area contributed by atoms with Crippen LogP contribution in [0.15, 0.2) is 30.6 Å². The van der Waals surface area contributed by atoms with Crippen molar-refractivity contribution in [2.24, 2.45) is 0 Å². The van der Waals surface area contributed by atoms with Crippen molar-refractivity contribution in [3.63, 3.8) is 0 Å². The molecule has 0 saturated heterocycles. The zero-order valence-electron chi connectivity index (χ0n) is 10.9. The average Bonchev–Trinajstić information content (AvgIpc) is 2.83. The van der Waals surface area contributed by atoms with E-state index in [1.54, 1.807) is 12.3 Å². The van der Waals surface area contributed by atoms with Gasteiger partial charge in [-0.05, 0) is 24.6 Å². The molecule has 0 radical (unpaired) electrons. The minimum Gasteiger partial charge on any atom is -0.329 e. The van der Waals surface area contributed by atoms with E-state index < -0.39 is 0 Å². The van der Waals surface area contributed by atoms with E-state index >= 15 is 0 Å². The molecule has 0 fully saturated rings. The van der Waals surface area contributed by atoms with Crippen LogP contribution in [0.1, 0.15) is 24.7 Å². The zero-order valence-corrected chi connectivity index (χ0v) is 12.4. The van der Waals surface area contributed by atoms with Crippen LogP contribution in [-0.4, -0.2) is 16.1 Å². The van der Waals surface area contributed by atoms with Gasteiger partial charge in [0.15, 0.2) is 0 Å². The molecule has 3 nitrogen and oxygen atoms in total. The molecule has 5 heteroatoms. The van der Waals surface area contributed by atoms with Crippen molar-refractivity contribution in [2.75, 3.05) is 6.54 Å². The summed E-state index contributed by atoms with van der Waals surface area (Å²) in [6.07, 6.45) is 4.88. The molecule has 1 N–H and O–H groups in total. The molecule has 0 amide bonds. The van der Waals surface area contributed by atoms with Crippen molar-refractivity contribution in [3.8, 4) is 0 Å². The van der Waals surface area contributed by atoms with Gasteiger partial charge in [-0.15, -0.1) is 0 Å². The quantitative estimate of drug-likeness (QED) is 0.823. The second-order valence-electron chi connectivity index (χ2n) is 4.36. The van der Waals surface area contributed by atoms with Gasteiger partial charge in [0.05, 0.1) is 23.1 Å². The van der Waals surface area contributed by atoms with E-state index in [4.69, 9.17) is 23.2 Å². The number of aromatic nitrogens is 2. The summed E-state index contributed by atoms with van der Waals surface area (Å²) in [6, 6.07) is 5.69. The molecule has 0 aliphatic heterocycles. The lowest BCUT2D eigenvalue weighted by atomic mass is 10.2. The van der Waals surface area contributed by atoms with Crippen molar-refractivity contribution in [3.05, 3.63) is 52.0 Å². The maximum atomic E-state index is 6.21. The van der Waals surface area contributed by atoms with Crippen LogP contribution < -0.4 is 5.32 Å². The Labute approximate surface area is 123 Å². The summed E-state index contributed by atoms with van der Waals surface area (Å²) in [6.45, 7) is 4.58.